The molecule has 1 aromatic heterocycles. The Hall–Kier alpha value is -1.40. The van der Waals surface area contributed by atoms with Crippen LogP contribution in [0.25, 0.3) is 0 Å². The molecule has 1 aliphatic rings. The molecular formula is C11H17N3O3. The number of aromatic nitrogens is 1. The maximum atomic E-state index is 10.7. The van der Waals surface area contributed by atoms with Gasteiger partial charge in [-0.3, -0.25) is 4.90 Å². The quantitative estimate of drug-likeness (QED) is 0.828. The molecule has 0 saturated carbocycles. The van der Waals surface area contributed by atoms with Crippen LogP contribution in [0, 0.1) is 0 Å². The van der Waals surface area contributed by atoms with E-state index in [0.717, 1.165) is 32.6 Å². The first kappa shape index (κ1) is 12.1. The second kappa shape index (κ2) is 5.29. The Morgan fingerprint density at radius 1 is 1.47 bits per heavy atom. The number of hydrogen-bond acceptors (Lipinski definition) is 5. The number of carbonyl (C=O) groups is 1. The molecule has 6 heteroatoms. The van der Waals surface area contributed by atoms with E-state index in [0.29, 0.717) is 12.3 Å². The van der Waals surface area contributed by atoms with Gasteiger partial charge in [-0.25, -0.2) is 4.79 Å². The zero-order valence-corrected chi connectivity index (χ0v) is 9.93. The van der Waals surface area contributed by atoms with Crippen LogP contribution < -0.4 is 0 Å². The highest BCUT2D eigenvalue weighted by atomic mass is 16.5. The van der Waals surface area contributed by atoms with Gasteiger partial charge < -0.3 is 14.5 Å². The second-order valence-electron chi connectivity index (χ2n) is 4.42. The number of likely N-dealkylation sites (N-methyl/N-ethyl adjacent to an activating group) is 1. The molecule has 1 N–H and O–H groups in total. The lowest BCUT2D eigenvalue weighted by atomic mass is 10.3. The van der Waals surface area contributed by atoms with E-state index in [-0.39, 0.29) is 5.69 Å². The summed E-state index contributed by atoms with van der Waals surface area (Å²) in [5.74, 6) is -0.428. The van der Waals surface area contributed by atoms with E-state index in [1.54, 1.807) is 0 Å². The van der Waals surface area contributed by atoms with Gasteiger partial charge in [-0.1, -0.05) is 5.16 Å². The highest BCUT2D eigenvalue weighted by Gasteiger charge is 2.16. The normalized spacial score (nSPS) is 19.1. The van der Waals surface area contributed by atoms with Gasteiger partial charge in [0.15, 0.2) is 11.5 Å². The molecule has 0 radical (unpaired) electrons. The number of rotatable bonds is 3. The van der Waals surface area contributed by atoms with E-state index in [4.69, 9.17) is 9.63 Å². The molecule has 94 valence electrons. The van der Waals surface area contributed by atoms with Crippen molar-refractivity contribution in [1.82, 2.24) is 15.0 Å². The van der Waals surface area contributed by atoms with E-state index in [2.05, 4.69) is 22.0 Å². The fourth-order valence-electron chi connectivity index (χ4n) is 1.97. The molecule has 6 nitrogen and oxygen atoms in total. The molecule has 0 spiro atoms. The monoisotopic (exact) mass is 239 g/mol. The van der Waals surface area contributed by atoms with Gasteiger partial charge in [0.2, 0.25) is 0 Å². The zero-order valence-electron chi connectivity index (χ0n) is 9.93. The molecule has 2 rings (SSSR count). The minimum atomic E-state index is -1.05. The fraction of sp³-hybridized carbons (Fsp3) is 0.636. The zero-order chi connectivity index (χ0) is 12.3. The van der Waals surface area contributed by atoms with Crippen molar-refractivity contribution in [2.75, 3.05) is 33.2 Å². The molecule has 0 aliphatic carbocycles. The number of carboxylic acids is 1. The highest BCUT2D eigenvalue weighted by Crippen LogP contribution is 2.09. The number of hydrogen-bond donors (Lipinski definition) is 1. The minimum absolute atomic E-state index is 0.0214. The van der Waals surface area contributed by atoms with Crippen LogP contribution in [0.3, 0.4) is 0 Å². The summed E-state index contributed by atoms with van der Waals surface area (Å²) in [7, 11) is 2.11. The number of carboxylic acid groups (broad SMARTS) is 1. The summed E-state index contributed by atoms with van der Waals surface area (Å²) in [5, 5.41) is 12.2. The molecule has 1 aromatic rings. The van der Waals surface area contributed by atoms with Gasteiger partial charge >= 0.3 is 5.97 Å². The molecule has 0 bridgehead atoms. The molecule has 0 atom stereocenters. The predicted octanol–water partition coefficient (Wildman–Crippen LogP) is 0.510. The van der Waals surface area contributed by atoms with Crippen LogP contribution in [-0.4, -0.2) is 59.3 Å². The summed E-state index contributed by atoms with van der Waals surface area (Å²) < 4.78 is 5.01. The lowest BCUT2D eigenvalue weighted by Crippen LogP contribution is -2.28. The Bertz CT molecular complexity index is 391. The van der Waals surface area contributed by atoms with Crippen molar-refractivity contribution in [3.05, 3.63) is 17.5 Å². The first-order valence-corrected chi connectivity index (χ1v) is 5.75. The van der Waals surface area contributed by atoms with Gasteiger partial charge in [0, 0.05) is 19.2 Å². The Kier molecular flexibility index (Phi) is 3.75. The van der Waals surface area contributed by atoms with Gasteiger partial charge in [0.05, 0.1) is 6.54 Å². The molecule has 1 fully saturated rings. The topological polar surface area (TPSA) is 69.8 Å². The van der Waals surface area contributed by atoms with Crippen LogP contribution >= 0.6 is 0 Å². The Morgan fingerprint density at radius 2 is 2.29 bits per heavy atom. The van der Waals surface area contributed by atoms with Crippen LogP contribution in [0.15, 0.2) is 10.6 Å². The van der Waals surface area contributed by atoms with Gasteiger partial charge in [0.1, 0.15) is 0 Å². The maximum Gasteiger partial charge on any atom is 0.358 e. The van der Waals surface area contributed by atoms with E-state index >= 15 is 0 Å². The van der Waals surface area contributed by atoms with Crippen molar-refractivity contribution < 1.29 is 14.4 Å². The van der Waals surface area contributed by atoms with Gasteiger partial charge in [-0.05, 0) is 26.6 Å². The molecule has 0 aromatic carbocycles. The standard InChI is InChI=1S/C11H17N3O3/c1-13-3-2-4-14(6-5-13)8-9-7-10(11(15)16)12-17-9/h7H,2-6,8H2,1H3,(H,15,16). The molecule has 1 aliphatic heterocycles. The summed E-state index contributed by atoms with van der Waals surface area (Å²) in [6, 6.07) is 1.50. The second-order valence-corrected chi connectivity index (χ2v) is 4.42. The molecule has 1 saturated heterocycles. The van der Waals surface area contributed by atoms with E-state index in [1.165, 1.54) is 6.07 Å². The number of aromatic carboxylic acids is 1. The predicted molar refractivity (Wildman–Crippen MR) is 60.9 cm³/mol. The van der Waals surface area contributed by atoms with Crippen LogP contribution in [0.2, 0.25) is 0 Å². The Morgan fingerprint density at radius 3 is 3.00 bits per heavy atom. The third kappa shape index (κ3) is 3.28. The Balaban J connectivity index is 1.93. The lowest BCUT2D eigenvalue weighted by molar-refractivity contribution is 0.0685. The van der Waals surface area contributed by atoms with Crippen LogP contribution in [0.5, 0.6) is 0 Å². The summed E-state index contributed by atoms with van der Waals surface area (Å²) in [6.45, 7) is 4.74. The van der Waals surface area contributed by atoms with Crippen molar-refractivity contribution in [1.29, 1.82) is 0 Å². The number of nitrogens with zero attached hydrogens (tertiary/aromatic N) is 3. The molecular weight excluding hydrogens is 222 g/mol. The fourth-order valence-corrected chi connectivity index (χ4v) is 1.97. The Labute approximate surface area is 99.8 Å². The third-order valence-electron chi connectivity index (χ3n) is 2.97. The lowest BCUT2D eigenvalue weighted by Gasteiger charge is -2.17. The average molecular weight is 239 g/mol. The summed E-state index contributed by atoms with van der Waals surface area (Å²) in [5.41, 5.74) is -0.0214. The largest absolute Gasteiger partial charge is 0.476 e. The van der Waals surface area contributed by atoms with Crippen LogP contribution in [0.1, 0.15) is 22.7 Å². The van der Waals surface area contributed by atoms with Gasteiger partial charge in [-0.2, -0.15) is 0 Å². The van der Waals surface area contributed by atoms with Crippen molar-refractivity contribution in [2.45, 2.75) is 13.0 Å². The molecule has 0 amide bonds. The van der Waals surface area contributed by atoms with Crippen molar-refractivity contribution in [2.24, 2.45) is 0 Å². The van der Waals surface area contributed by atoms with Crippen molar-refractivity contribution in [3.8, 4) is 0 Å². The van der Waals surface area contributed by atoms with Crippen molar-refractivity contribution >= 4 is 5.97 Å². The SMILES string of the molecule is CN1CCCN(Cc2cc(C(=O)O)no2)CC1. The third-order valence-corrected chi connectivity index (χ3v) is 2.97. The van der Waals surface area contributed by atoms with Gasteiger partial charge in [0.25, 0.3) is 0 Å². The first-order valence-electron chi connectivity index (χ1n) is 5.75. The van der Waals surface area contributed by atoms with E-state index in [1.807, 2.05) is 0 Å². The van der Waals surface area contributed by atoms with E-state index in [9.17, 15) is 4.79 Å². The highest BCUT2D eigenvalue weighted by molar-refractivity contribution is 5.85. The molecule has 0 unspecified atom stereocenters. The molecule has 17 heavy (non-hydrogen) atoms. The van der Waals surface area contributed by atoms with Crippen molar-refractivity contribution in [3.63, 3.8) is 0 Å². The summed E-state index contributed by atoms with van der Waals surface area (Å²) in [6.07, 6.45) is 1.12. The summed E-state index contributed by atoms with van der Waals surface area (Å²) in [4.78, 5) is 15.2. The minimum Gasteiger partial charge on any atom is -0.476 e. The summed E-state index contributed by atoms with van der Waals surface area (Å²) >= 11 is 0. The van der Waals surface area contributed by atoms with Gasteiger partial charge in [-0.15, -0.1) is 0 Å². The van der Waals surface area contributed by atoms with Crippen LogP contribution in [0.4, 0.5) is 0 Å². The first-order chi connectivity index (χ1) is 8.15. The van der Waals surface area contributed by atoms with Crippen LogP contribution in [-0.2, 0) is 6.54 Å². The smallest absolute Gasteiger partial charge is 0.358 e. The molecule has 2 heterocycles. The van der Waals surface area contributed by atoms with E-state index < -0.39 is 5.97 Å². The average Bonchev–Trinajstić information content (AvgIpc) is 2.65. The maximum absolute atomic E-state index is 10.7.